The zero-order chi connectivity index (χ0) is 29.3. The predicted molar refractivity (Wildman–Crippen MR) is 143 cm³/mol. The summed E-state index contributed by atoms with van der Waals surface area (Å²) < 4.78 is 72.0. The minimum Gasteiger partial charge on any atom is -0.457 e. The molecule has 0 saturated heterocycles. The van der Waals surface area contributed by atoms with E-state index in [0.29, 0.717) is 39.6 Å². The third kappa shape index (κ3) is 5.82. The highest BCUT2D eigenvalue weighted by Crippen LogP contribution is 2.44. The quantitative estimate of drug-likeness (QED) is 0.197. The van der Waals surface area contributed by atoms with Gasteiger partial charge >= 0.3 is 18.9 Å². The lowest BCUT2D eigenvalue weighted by molar-refractivity contribution is -0.286. The van der Waals surface area contributed by atoms with E-state index in [4.69, 9.17) is 4.74 Å². The van der Waals surface area contributed by atoms with Crippen molar-refractivity contribution < 1.29 is 41.3 Å². The van der Waals surface area contributed by atoms with Crippen LogP contribution in [0.5, 0.6) is 28.7 Å². The Labute approximate surface area is 235 Å². The SMILES string of the molecule is O=C(Nc1ccc(Oc2ccc(OC(F)F)cc2)cc1)n1cc(-c2ccc3c(c2)OC(F)(F)O3)c(-c2ccccc2)n1. The topological polar surface area (TPSA) is 83.8 Å². The maximum atomic E-state index is 13.6. The summed E-state index contributed by atoms with van der Waals surface area (Å²) in [5.74, 6) is 0.622. The van der Waals surface area contributed by atoms with Gasteiger partial charge in [0.1, 0.15) is 22.9 Å². The van der Waals surface area contributed by atoms with Gasteiger partial charge in [-0.2, -0.15) is 18.6 Å². The molecule has 0 unspecified atom stereocenters. The Balaban J connectivity index is 1.20. The van der Waals surface area contributed by atoms with Crippen molar-refractivity contribution in [3.8, 4) is 51.1 Å². The van der Waals surface area contributed by atoms with Crippen LogP contribution in [0.2, 0.25) is 0 Å². The number of carbonyl (C=O) groups excluding carboxylic acids is 1. The third-order valence-corrected chi connectivity index (χ3v) is 6.07. The minimum atomic E-state index is -3.76. The van der Waals surface area contributed by atoms with Gasteiger partial charge in [0.15, 0.2) is 11.5 Å². The molecule has 0 fully saturated rings. The first kappa shape index (κ1) is 26.7. The summed E-state index contributed by atoms with van der Waals surface area (Å²) >= 11 is 0. The van der Waals surface area contributed by atoms with Crippen LogP contribution in [0.25, 0.3) is 22.4 Å². The zero-order valence-corrected chi connectivity index (χ0v) is 21.3. The highest BCUT2D eigenvalue weighted by Gasteiger charge is 2.43. The number of hydrogen-bond acceptors (Lipinski definition) is 6. The van der Waals surface area contributed by atoms with E-state index in [1.54, 1.807) is 30.3 Å². The maximum absolute atomic E-state index is 13.6. The number of anilines is 1. The van der Waals surface area contributed by atoms with Gasteiger partial charge in [0.2, 0.25) is 0 Å². The number of nitrogens with zero attached hydrogens (tertiary/aromatic N) is 2. The van der Waals surface area contributed by atoms with E-state index in [9.17, 15) is 22.4 Å². The third-order valence-electron chi connectivity index (χ3n) is 6.07. The Morgan fingerprint density at radius 1 is 0.810 bits per heavy atom. The molecule has 6 rings (SSSR count). The molecule has 4 aromatic carbocycles. The van der Waals surface area contributed by atoms with Crippen molar-refractivity contribution in [2.45, 2.75) is 12.9 Å². The van der Waals surface area contributed by atoms with Crippen LogP contribution >= 0.6 is 0 Å². The Hall–Kier alpha value is -5.52. The van der Waals surface area contributed by atoms with Crippen LogP contribution in [0.1, 0.15) is 0 Å². The number of alkyl halides is 4. The first-order chi connectivity index (χ1) is 20.2. The smallest absolute Gasteiger partial charge is 0.457 e. The van der Waals surface area contributed by atoms with Crippen LogP contribution in [0.15, 0.2) is 103 Å². The normalized spacial score (nSPS) is 13.2. The molecule has 0 saturated carbocycles. The summed E-state index contributed by atoms with van der Waals surface area (Å²) in [6.07, 6.45) is -2.27. The highest BCUT2D eigenvalue weighted by molar-refractivity contribution is 5.93. The molecule has 5 aromatic rings. The molecule has 0 bridgehead atoms. The molecule has 42 heavy (non-hydrogen) atoms. The van der Waals surface area contributed by atoms with Gasteiger partial charge in [0.05, 0.1) is 0 Å². The van der Waals surface area contributed by atoms with Crippen LogP contribution in [0.3, 0.4) is 0 Å². The van der Waals surface area contributed by atoms with Gasteiger partial charge in [-0.3, -0.25) is 0 Å². The number of rotatable bonds is 7. The van der Waals surface area contributed by atoms with E-state index >= 15 is 0 Å². The second-order valence-electron chi connectivity index (χ2n) is 8.94. The van der Waals surface area contributed by atoms with Crippen LogP contribution in [-0.2, 0) is 0 Å². The molecular formula is C30H19F4N3O5. The monoisotopic (exact) mass is 577 g/mol. The van der Waals surface area contributed by atoms with Gasteiger partial charge in [-0.05, 0) is 66.2 Å². The second-order valence-corrected chi connectivity index (χ2v) is 8.94. The number of ether oxygens (including phenoxy) is 4. The predicted octanol–water partition coefficient (Wildman–Crippen LogP) is 8.01. The average Bonchev–Trinajstić information content (AvgIpc) is 3.55. The van der Waals surface area contributed by atoms with Gasteiger partial charge in [-0.15, -0.1) is 8.78 Å². The van der Waals surface area contributed by atoms with Crippen molar-refractivity contribution in [3.63, 3.8) is 0 Å². The van der Waals surface area contributed by atoms with Crippen molar-refractivity contribution in [1.29, 1.82) is 0 Å². The number of amides is 1. The summed E-state index contributed by atoms with van der Waals surface area (Å²) in [4.78, 5) is 13.1. The van der Waals surface area contributed by atoms with Crippen LogP contribution < -0.4 is 24.3 Å². The molecule has 8 nitrogen and oxygen atoms in total. The largest absolute Gasteiger partial charge is 0.586 e. The average molecular weight is 577 g/mol. The molecule has 0 atom stereocenters. The number of nitrogens with one attached hydrogen (secondary N) is 1. The van der Waals surface area contributed by atoms with Crippen molar-refractivity contribution in [2.75, 3.05) is 5.32 Å². The first-order valence-corrected chi connectivity index (χ1v) is 12.4. The van der Waals surface area contributed by atoms with Crippen LogP contribution in [-0.4, -0.2) is 28.7 Å². The van der Waals surface area contributed by atoms with Gasteiger partial charge in [0.25, 0.3) is 0 Å². The summed E-state index contributed by atoms with van der Waals surface area (Å²) in [5.41, 5.74) is 2.59. The number of halogens is 4. The lowest BCUT2D eigenvalue weighted by Gasteiger charge is -2.09. The molecule has 0 aliphatic carbocycles. The zero-order valence-electron chi connectivity index (χ0n) is 21.3. The van der Waals surface area contributed by atoms with Gasteiger partial charge in [0, 0.05) is 23.0 Å². The van der Waals surface area contributed by atoms with Crippen LogP contribution in [0.4, 0.5) is 28.0 Å². The highest BCUT2D eigenvalue weighted by atomic mass is 19.3. The molecule has 1 aliphatic heterocycles. The van der Waals surface area contributed by atoms with Crippen molar-refractivity contribution in [3.05, 3.63) is 103 Å². The number of benzene rings is 4. The molecule has 2 heterocycles. The lowest BCUT2D eigenvalue weighted by atomic mass is 10.0. The van der Waals surface area contributed by atoms with E-state index in [1.165, 1.54) is 42.6 Å². The number of fused-ring (bicyclic) bond motifs is 1. The Bertz CT molecular complexity index is 1730. The Morgan fingerprint density at radius 2 is 1.45 bits per heavy atom. The summed E-state index contributed by atoms with van der Waals surface area (Å²) in [7, 11) is 0. The molecule has 212 valence electrons. The van der Waals surface area contributed by atoms with E-state index in [0.717, 1.165) is 4.68 Å². The fraction of sp³-hybridized carbons (Fsp3) is 0.0667. The first-order valence-electron chi connectivity index (χ1n) is 12.4. The fourth-order valence-electron chi connectivity index (χ4n) is 4.23. The summed E-state index contributed by atoms with van der Waals surface area (Å²) in [5, 5.41) is 7.22. The second kappa shape index (κ2) is 10.8. The number of hydrogen-bond donors (Lipinski definition) is 1. The standard InChI is InChI=1S/C30H19F4N3O5/c31-28(32)40-23-13-11-22(12-14-23)39-21-9-7-20(8-10-21)35-29(38)37-17-24(27(36-37)18-4-2-1-3-5-18)19-6-15-25-26(16-19)42-30(33,34)41-25/h1-17,28H,(H,35,38). The fourth-order valence-corrected chi connectivity index (χ4v) is 4.23. The summed E-state index contributed by atoms with van der Waals surface area (Å²) in [6, 6.07) is 25.0. The molecule has 0 spiro atoms. The van der Waals surface area contributed by atoms with Crippen molar-refractivity contribution in [2.24, 2.45) is 0 Å². The molecule has 0 radical (unpaired) electrons. The number of carbonyl (C=O) groups is 1. The van der Waals surface area contributed by atoms with Gasteiger partial charge in [-0.25, -0.2) is 4.79 Å². The van der Waals surface area contributed by atoms with Crippen LogP contribution in [0, 0.1) is 0 Å². The van der Waals surface area contributed by atoms with Crippen molar-refractivity contribution >= 4 is 11.7 Å². The van der Waals surface area contributed by atoms with Crippen molar-refractivity contribution in [1.82, 2.24) is 9.78 Å². The molecule has 1 aliphatic rings. The van der Waals surface area contributed by atoms with E-state index in [2.05, 4.69) is 24.6 Å². The van der Waals surface area contributed by atoms with E-state index in [-0.39, 0.29) is 17.2 Å². The minimum absolute atomic E-state index is 0.00711. The van der Waals surface area contributed by atoms with Gasteiger partial charge < -0.3 is 24.3 Å². The molecular weight excluding hydrogens is 558 g/mol. The molecule has 1 amide bonds. The maximum Gasteiger partial charge on any atom is 0.586 e. The van der Waals surface area contributed by atoms with E-state index < -0.39 is 18.9 Å². The Kier molecular flexibility index (Phi) is 6.87. The van der Waals surface area contributed by atoms with E-state index in [1.807, 2.05) is 30.3 Å². The van der Waals surface area contributed by atoms with Gasteiger partial charge in [-0.1, -0.05) is 36.4 Å². The lowest BCUT2D eigenvalue weighted by Crippen LogP contribution is -2.25. The molecule has 1 aromatic heterocycles. The summed E-state index contributed by atoms with van der Waals surface area (Å²) in [6.45, 7) is -2.92. The molecule has 12 heteroatoms. The molecule has 1 N–H and O–H groups in total. The number of aromatic nitrogens is 2. The Morgan fingerprint density at radius 3 is 2.14 bits per heavy atom.